The predicted molar refractivity (Wildman–Crippen MR) is 206 cm³/mol. The SMILES string of the molecule is CC(NCCn1ncn(-c2ccc(N3CCN(c4ccc(OCC5COC(Cn6cncn6)(c6ccc(F)cc6F)O5)cc4)CC3)cc2)c1=O)c1ccccc1. The Labute approximate surface area is 322 Å². The van der Waals surface area contributed by atoms with Crippen molar-refractivity contribution < 1.29 is 23.0 Å². The lowest BCUT2D eigenvalue weighted by atomic mass is 10.0. The summed E-state index contributed by atoms with van der Waals surface area (Å²) in [6.45, 7) is 6.91. The van der Waals surface area contributed by atoms with Crippen molar-refractivity contribution >= 4 is 11.4 Å². The molecule has 3 atom stereocenters. The molecule has 13 nitrogen and oxygen atoms in total. The minimum atomic E-state index is -1.52. The number of aromatic nitrogens is 6. The quantitative estimate of drug-likeness (QED) is 0.164. The molecule has 290 valence electrons. The summed E-state index contributed by atoms with van der Waals surface area (Å²) in [7, 11) is 0. The maximum absolute atomic E-state index is 14.9. The van der Waals surface area contributed by atoms with E-state index in [0.29, 0.717) is 18.8 Å². The molecule has 15 heteroatoms. The number of piperazine rings is 1. The first-order chi connectivity index (χ1) is 27.3. The van der Waals surface area contributed by atoms with Gasteiger partial charge in [-0.25, -0.2) is 32.5 Å². The van der Waals surface area contributed by atoms with E-state index in [0.717, 1.165) is 49.3 Å². The van der Waals surface area contributed by atoms with Gasteiger partial charge >= 0.3 is 5.69 Å². The third-order valence-corrected chi connectivity index (χ3v) is 10.3. The minimum absolute atomic E-state index is 0.0291. The second-order valence-corrected chi connectivity index (χ2v) is 13.9. The lowest BCUT2D eigenvalue weighted by molar-refractivity contribution is -0.192. The van der Waals surface area contributed by atoms with Gasteiger partial charge in [0.05, 0.1) is 18.8 Å². The van der Waals surface area contributed by atoms with Gasteiger partial charge < -0.3 is 29.3 Å². The molecule has 0 aliphatic carbocycles. The van der Waals surface area contributed by atoms with E-state index in [-0.39, 0.29) is 37.1 Å². The van der Waals surface area contributed by atoms with E-state index in [1.54, 1.807) is 10.9 Å². The molecule has 2 aliphatic heterocycles. The summed E-state index contributed by atoms with van der Waals surface area (Å²) in [4.78, 5) is 21.7. The molecule has 0 radical (unpaired) electrons. The van der Waals surface area contributed by atoms with Crippen LogP contribution in [0.15, 0.2) is 121 Å². The molecule has 1 N–H and O–H groups in total. The van der Waals surface area contributed by atoms with Gasteiger partial charge in [0.2, 0.25) is 5.79 Å². The standard InChI is InChI=1S/C41H43F2N9O4/c1-30(31-5-3-2-4-6-31)45-17-18-52-40(53)51(29-47-52)35-10-8-33(9-11-35)48-19-21-49(22-20-48)34-12-14-36(15-13-34)54-24-37-25-55-41(56-37,26-50-28-44-27-46-50)38-16-7-32(42)23-39(38)43/h2-16,23,27-30,37,45H,17-22,24-26H2,1H3. The highest BCUT2D eigenvalue weighted by Gasteiger charge is 2.46. The number of hydrogen-bond acceptors (Lipinski definition) is 10. The smallest absolute Gasteiger partial charge is 0.350 e. The summed E-state index contributed by atoms with van der Waals surface area (Å²) in [5.74, 6) is -2.31. The van der Waals surface area contributed by atoms with E-state index in [2.05, 4.69) is 61.5 Å². The number of rotatable bonds is 14. The zero-order valence-electron chi connectivity index (χ0n) is 31.0. The predicted octanol–water partition coefficient (Wildman–Crippen LogP) is 4.93. The third kappa shape index (κ3) is 8.20. The molecule has 2 aromatic heterocycles. The minimum Gasteiger partial charge on any atom is -0.491 e. The first-order valence-electron chi connectivity index (χ1n) is 18.7. The molecule has 0 spiro atoms. The topological polar surface area (TPSA) is 117 Å². The Morgan fingerprint density at radius 2 is 1.57 bits per heavy atom. The highest BCUT2D eigenvalue weighted by Crippen LogP contribution is 2.38. The van der Waals surface area contributed by atoms with Gasteiger partial charge in [-0.15, -0.1) is 0 Å². The Bertz CT molecular complexity index is 2240. The van der Waals surface area contributed by atoms with Crippen molar-refractivity contribution in [3.63, 3.8) is 0 Å². The van der Waals surface area contributed by atoms with Crippen molar-refractivity contribution in [1.29, 1.82) is 0 Å². The second kappa shape index (κ2) is 16.5. The van der Waals surface area contributed by atoms with Crippen LogP contribution in [0.1, 0.15) is 24.1 Å². The Kier molecular flexibility index (Phi) is 10.9. The van der Waals surface area contributed by atoms with E-state index < -0.39 is 23.5 Å². The van der Waals surface area contributed by atoms with Crippen LogP contribution in [-0.4, -0.2) is 81.2 Å². The van der Waals surface area contributed by atoms with Gasteiger partial charge in [-0.2, -0.15) is 10.2 Å². The first-order valence-corrected chi connectivity index (χ1v) is 18.7. The summed E-state index contributed by atoms with van der Waals surface area (Å²) < 4.78 is 51.5. The molecule has 0 saturated carbocycles. The molecule has 3 unspecified atom stereocenters. The van der Waals surface area contributed by atoms with Gasteiger partial charge in [0, 0.05) is 61.8 Å². The van der Waals surface area contributed by atoms with Crippen molar-refractivity contribution in [3.8, 4) is 11.4 Å². The van der Waals surface area contributed by atoms with Gasteiger partial charge in [-0.1, -0.05) is 30.3 Å². The molecule has 4 aromatic carbocycles. The van der Waals surface area contributed by atoms with E-state index in [1.165, 1.54) is 39.7 Å². The summed E-state index contributed by atoms with van der Waals surface area (Å²) >= 11 is 0. The van der Waals surface area contributed by atoms with E-state index in [1.807, 2.05) is 54.6 Å². The largest absolute Gasteiger partial charge is 0.491 e. The fourth-order valence-electron chi connectivity index (χ4n) is 7.19. The van der Waals surface area contributed by atoms with E-state index in [4.69, 9.17) is 14.2 Å². The van der Waals surface area contributed by atoms with Gasteiger partial charge in [0.15, 0.2) is 0 Å². The monoisotopic (exact) mass is 763 g/mol. The molecule has 0 bridgehead atoms. The first kappa shape index (κ1) is 37.0. The molecule has 2 aliphatic rings. The van der Waals surface area contributed by atoms with Crippen LogP contribution in [0.2, 0.25) is 0 Å². The fourth-order valence-corrected chi connectivity index (χ4v) is 7.19. The van der Waals surface area contributed by atoms with Crippen LogP contribution in [-0.2, 0) is 28.4 Å². The summed E-state index contributed by atoms with van der Waals surface area (Å²) in [6.07, 6.45) is 3.92. The van der Waals surface area contributed by atoms with Crippen molar-refractivity contribution in [2.75, 3.05) is 55.7 Å². The van der Waals surface area contributed by atoms with E-state index in [9.17, 15) is 13.6 Å². The van der Waals surface area contributed by atoms with Crippen LogP contribution in [0, 0.1) is 11.6 Å². The van der Waals surface area contributed by atoms with Crippen molar-refractivity contribution in [3.05, 3.63) is 149 Å². The van der Waals surface area contributed by atoms with Crippen LogP contribution >= 0.6 is 0 Å². The van der Waals surface area contributed by atoms with Crippen LogP contribution in [0.5, 0.6) is 5.75 Å². The molecule has 2 saturated heterocycles. The molecular formula is C41H43F2N9O4. The number of benzene rings is 4. The number of anilines is 2. The molecule has 0 amide bonds. The molecule has 4 heterocycles. The average molecular weight is 764 g/mol. The van der Waals surface area contributed by atoms with Crippen LogP contribution in [0.3, 0.4) is 0 Å². The van der Waals surface area contributed by atoms with Crippen molar-refractivity contribution in [1.82, 2.24) is 34.4 Å². The molecule has 8 rings (SSSR count). The highest BCUT2D eigenvalue weighted by molar-refractivity contribution is 5.54. The molecule has 6 aromatic rings. The number of nitrogens with zero attached hydrogens (tertiary/aromatic N) is 8. The number of halogens is 2. The number of hydrogen-bond donors (Lipinski definition) is 1. The van der Waals surface area contributed by atoms with Gasteiger partial charge in [-0.3, -0.25) is 0 Å². The van der Waals surface area contributed by atoms with Gasteiger partial charge in [0.1, 0.15) is 55.6 Å². The second-order valence-electron chi connectivity index (χ2n) is 13.9. The van der Waals surface area contributed by atoms with E-state index >= 15 is 0 Å². The molecule has 2 fully saturated rings. The normalized spacial score (nSPS) is 19.0. The van der Waals surface area contributed by atoms with Gasteiger partial charge in [-0.05, 0) is 73.2 Å². The lowest BCUT2D eigenvalue weighted by Crippen LogP contribution is -2.46. The van der Waals surface area contributed by atoms with Crippen molar-refractivity contribution in [2.24, 2.45) is 0 Å². The van der Waals surface area contributed by atoms with Gasteiger partial charge in [0.25, 0.3) is 0 Å². The summed E-state index contributed by atoms with van der Waals surface area (Å²) in [5, 5.41) is 11.9. The zero-order valence-corrected chi connectivity index (χ0v) is 31.0. The van der Waals surface area contributed by atoms with Crippen LogP contribution in [0.25, 0.3) is 5.69 Å². The Hall–Kier alpha value is -5.90. The van der Waals surface area contributed by atoms with Crippen molar-refractivity contribution in [2.45, 2.75) is 37.9 Å². The lowest BCUT2D eigenvalue weighted by Gasteiger charge is -2.37. The third-order valence-electron chi connectivity index (χ3n) is 10.3. The maximum Gasteiger partial charge on any atom is 0.350 e. The fraction of sp³-hybridized carbons (Fsp3) is 0.317. The zero-order chi connectivity index (χ0) is 38.5. The number of ether oxygens (including phenoxy) is 3. The summed E-state index contributed by atoms with van der Waals surface area (Å²) in [5.41, 5.74) is 4.07. The van der Waals surface area contributed by atoms with Crippen LogP contribution in [0.4, 0.5) is 20.2 Å². The Morgan fingerprint density at radius 1 is 0.875 bits per heavy atom. The maximum atomic E-state index is 14.9. The Balaban J connectivity index is 0.810. The Morgan fingerprint density at radius 3 is 2.25 bits per heavy atom. The number of nitrogens with one attached hydrogen (secondary N) is 1. The average Bonchev–Trinajstić information content (AvgIpc) is 3.99. The van der Waals surface area contributed by atoms with Crippen LogP contribution < -0.4 is 25.5 Å². The highest BCUT2D eigenvalue weighted by atomic mass is 19.1. The molecular weight excluding hydrogens is 721 g/mol. The molecule has 56 heavy (non-hydrogen) atoms. The summed E-state index contributed by atoms with van der Waals surface area (Å²) in [6, 6.07) is 29.6.